The summed E-state index contributed by atoms with van der Waals surface area (Å²) in [6.07, 6.45) is 0. The maximum Gasteiger partial charge on any atom is 0.257 e. The number of nitrogens with one attached hydrogen (secondary N) is 1. The summed E-state index contributed by atoms with van der Waals surface area (Å²) >= 11 is 5.99. The molecule has 2 rings (SSSR count). The van der Waals surface area contributed by atoms with E-state index in [2.05, 4.69) is 5.32 Å². The maximum atomic E-state index is 12.1. The zero-order chi connectivity index (χ0) is 15.1. The highest BCUT2D eigenvalue weighted by Crippen LogP contribution is 2.19. The van der Waals surface area contributed by atoms with Crippen LogP contribution in [0.2, 0.25) is 5.02 Å². The molecule has 2 aromatic carbocycles. The largest absolute Gasteiger partial charge is 0.491 e. The third-order valence-electron chi connectivity index (χ3n) is 2.79. The van der Waals surface area contributed by atoms with Crippen molar-refractivity contribution in [2.75, 3.05) is 25.6 Å². The van der Waals surface area contributed by atoms with Gasteiger partial charge < -0.3 is 14.8 Å². The van der Waals surface area contributed by atoms with Gasteiger partial charge in [-0.1, -0.05) is 23.7 Å². The van der Waals surface area contributed by atoms with Crippen molar-refractivity contribution in [3.63, 3.8) is 0 Å². The minimum Gasteiger partial charge on any atom is -0.491 e. The van der Waals surface area contributed by atoms with Crippen molar-refractivity contribution in [2.24, 2.45) is 0 Å². The first-order valence-electron chi connectivity index (χ1n) is 6.48. The summed E-state index contributed by atoms with van der Waals surface area (Å²) < 4.78 is 10.4. The quantitative estimate of drug-likeness (QED) is 0.829. The average molecular weight is 306 g/mol. The summed E-state index contributed by atoms with van der Waals surface area (Å²) in [6.45, 7) is 1.02. The lowest BCUT2D eigenvalue weighted by Gasteiger charge is -2.08. The molecule has 110 valence electrons. The Balaban J connectivity index is 1.97. The van der Waals surface area contributed by atoms with Crippen LogP contribution >= 0.6 is 11.6 Å². The zero-order valence-electron chi connectivity index (χ0n) is 11.6. The monoisotopic (exact) mass is 305 g/mol. The Morgan fingerprint density at radius 3 is 2.48 bits per heavy atom. The van der Waals surface area contributed by atoms with Crippen molar-refractivity contribution in [3.8, 4) is 5.75 Å². The highest BCUT2D eigenvalue weighted by molar-refractivity contribution is 6.34. The van der Waals surface area contributed by atoms with Gasteiger partial charge in [0.15, 0.2) is 0 Å². The number of halogens is 1. The van der Waals surface area contributed by atoms with Gasteiger partial charge in [-0.05, 0) is 36.4 Å². The lowest BCUT2D eigenvalue weighted by molar-refractivity contribution is 0.102. The van der Waals surface area contributed by atoms with Gasteiger partial charge in [0.05, 0.1) is 17.2 Å². The van der Waals surface area contributed by atoms with Gasteiger partial charge >= 0.3 is 0 Å². The number of hydrogen-bond acceptors (Lipinski definition) is 3. The first-order valence-corrected chi connectivity index (χ1v) is 6.86. The molecule has 1 amide bonds. The molecule has 0 radical (unpaired) electrons. The third-order valence-corrected chi connectivity index (χ3v) is 3.12. The molecular formula is C16H16ClNO3. The fourth-order valence-electron chi connectivity index (χ4n) is 1.72. The molecule has 4 nitrogen and oxygen atoms in total. The lowest BCUT2D eigenvalue weighted by atomic mass is 10.2. The van der Waals surface area contributed by atoms with Gasteiger partial charge in [-0.25, -0.2) is 0 Å². The molecule has 0 aliphatic carbocycles. The molecule has 0 unspecified atom stereocenters. The van der Waals surface area contributed by atoms with E-state index in [1.54, 1.807) is 55.6 Å². The zero-order valence-corrected chi connectivity index (χ0v) is 12.4. The summed E-state index contributed by atoms with van der Waals surface area (Å²) in [5.74, 6) is 0.483. The Hall–Kier alpha value is -2.04. The molecule has 0 atom stereocenters. The molecule has 1 N–H and O–H groups in total. The van der Waals surface area contributed by atoms with Gasteiger partial charge in [0.25, 0.3) is 5.91 Å². The van der Waals surface area contributed by atoms with E-state index in [-0.39, 0.29) is 5.91 Å². The number of rotatable bonds is 6. The van der Waals surface area contributed by atoms with E-state index in [0.717, 1.165) is 5.75 Å². The number of methoxy groups -OCH3 is 1. The minimum absolute atomic E-state index is 0.242. The molecule has 0 heterocycles. The van der Waals surface area contributed by atoms with E-state index in [0.29, 0.717) is 29.5 Å². The second-order valence-electron chi connectivity index (χ2n) is 4.30. The van der Waals surface area contributed by atoms with E-state index >= 15 is 0 Å². The molecule has 0 bridgehead atoms. The molecule has 5 heteroatoms. The summed E-state index contributed by atoms with van der Waals surface area (Å²) in [5, 5.41) is 3.22. The number of hydrogen-bond donors (Lipinski definition) is 1. The van der Waals surface area contributed by atoms with E-state index in [1.807, 2.05) is 0 Å². The molecule has 21 heavy (non-hydrogen) atoms. The highest BCUT2D eigenvalue weighted by atomic mass is 35.5. The number of amides is 1. The standard InChI is InChI=1S/C16H16ClNO3/c1-20-10-11-21-13-8-6-12(7-9-13)18-16(19)14-4-2-3-5-15(14)17/h2-9H,10-11H2,1H3,(H,18,19). The SMILES string of the molecule is COCCOc1ccc(NC(=O)c2ccccc2Cl)cc1. The van der Waals surface area contributed by atoms with Gasteiger partial charge in [0.2, 0.25) is 0 Å². The van der Waals surface area contributed by atoms with Gasteiger partial charge in [0.1, 0.15) is 12.4 Å². The first-order chi connectivity index (χ1) is 10.2. The fourth-order valence-corrected chi connectivity index (χ4v) is 1.94. The van der Waals surface area contributed by atoms with Crippen LogP contribution in [0, 0.1) is 0 Å². The second kappa shape index (κ2) is 7.67. The third kappa shape index (κ3) is 4.48. The molecule has 0 saturated carbocycles. The molecule has 2 aromatic rings. The average Bonchev–Trinajstić information content (AvgIpc) is 2.49. The topological polar surface area (TPSA) is 47.6 Å². The van der Waals surface area contributed by atoms with Crippen molar-refractivity contribution in [2.45, 2.75) is 0 Å². The van der Waals surface area contributed by atoms with Crippen LogP contribution in [0.5, 0.6) is 5.75 Å². The van der Waals surface area contributed by atoms with Crippen LogP contribution in [0.4, 0.5) is 5.69 Å². The van der Waals surface area contributed by atoms with Gasteiger partial charge in [-0.15, -0.1) is 0 Å². The van der Waals surface area contributed by atoms with Crippen LogP contribution in [0.1, 0.15) is 10.4 Å². The smallest absolute Gasteiger partial charge is 0.257 e. The number of anilines is 1. The fraction of sp³-hybridized carbons (Fsp3) is 0.188. The number of ether oxygens (including phenoxy) is 2. The molecule has 0 fully saturated rings. The Morgan fingerprint density at radius 1 is 1.10 bits per heavy atom. The highest BCUT2D eigenvalue weighted by Gasteiger charge is 2.09. The van der Waals surface area contributed by atoms with Crippen molar-refractivity contribution in [1.29, 1.82) is 0 Å². The molecule has 0 aliphatic rings. The minimum atomic E-state index is -0.242. The predicted molar refractivity (Wildman–Crippen MR) is 83.2 cm³/mol. The van der Waals surface area contributed by atoms with E-state index in [9.17, 15) is 4.79 Å². The van der Waals surface area contributed by atoms with Crippen molar-refractivity contribution in [1.82, 2.24) is 0 Å². The van der Waals surface area contributed by atoms with Crippen molar-refractivity contribution < 1.29 is 14.3 Å². The van der Waals surface area contributed by atoms with E-state index in [1.165, 1.54) is 0 Å². The Kier molecular flexibility index (Phi) is 5.60. The van der Waals surface area contributed by atoms with Gasteiger partial charge in [-0.2, -0.15) is 0 Å². The molecule has 0 spiro atoms. The van der Waals surface area contributed by atoms with E-state index in [4.69, 9.17) is 21.1 Å². The maximum absolute atomic E-state index is 12.1. The van der Waals surface area contributed by atoms with Crippen LogP contribution in [-0.4, -0.2) is 26.2 Å². The van der Waals surface area contributed by atoms with Crippen LogP contribution in [0.25, 0.3) is 0 Å². The Morgan fingerprint density at radius 2 is 1.81 bits per heavy atom. The molecular weight excluding hydrogens is 290 g/mol. The number of benzene rings is 2. The first kappa shape index (κ1) is 15.4. The number of carbonyl (C=O) groups is 1. The van der Waals surface area contributed by atoms with Crippen LogP contribution in [-0.2, 0) is 4.74 Å². The summed E-state index contributed by atoms with van der Waals surface area (Å²) in [4.78, 5) is 12.1. The molecule has 0 aliphatic heterocycles. The summed E-state index contributed by atoms with van der Waals surface area (Å²) in [6, 6.07) is 14.0. The number of carbonyl (C=O) groups excluding carboxylic acids is 1. The summed E-state index contributed by atoms with van der Waals surface area (Å²) in [7, 11) is 1.62. The second-order valence-corrected chi connectivity index (χ2v) is 4.71. The normalized spacial score (nSPS) is 10.2. The van der Waals surface area contributed by atoms with Gasteiger partial charge in [-0.3, -0.25) is 4.79 Å². The Labute approximate surface area is 128 Å². The van der Waals surface area contributed by atoms with E-state index < -0.39 is 0 Å². The van der Waals surface area contributed by atoms with Crippen LogP contribution in [0.15, 0.2) is 48.5 Å². The predicted octanol–water partition coefficient (Wildman–Crippen LogP) is 3.62. The summed E-state index contributed by atoms with van der Waals surface area (Å²) in [5.41, 5.74) is 1.12. The lowest BCUT2D eigenvalue weighted by Crippen LogP contribution is -2.12. The van der Waals surface area contributed by atoms with Crippen LogP contribution < -0.4 is 10.1 Å². The van der Waals surface area contributed by atoms with Crippen LogP contribution in [0.3, 0.4) is 0 Å². The molecule has 0 saturated heterocycles. The van der Waals surface area contributed by atoms with Gasteiger partial charge in [0, 0.05) is 12.8 Å². The molecule has 0 aromatic heterocycles. The Bertz CT molecular complexity index is 599. The van der Waals surface area contributed by atoms with Crippen molar-refractivity contribution in [3.05, 3.63) is 59.1 Å². The van der Waals surface area contributed by atoms with Crippen molar-refractivity contribution >= 4 is 23.2 Å².